The van der Waals surface area contributed by atoms with Crippen LogP contribution in [0.5, 0.6) is 5.75 Å². The van der Waals surface area contributed by atoms with Crippen LogP contribution in [-0.4, -0.2) is 42.8 Å². The molecule has 1 unspecified atom stereocenters. The first kappa shape index (κ1) is 23.5. The van der Waals surface area contributed by atoms with Gasteiger partial charge in [-0.15, -0.1) is 0 Å². The maximum atomic E-state index is 14.7. The largest absolute Gasteiger partial charge is 0.495 e. The fraction of sp³-hybridized carbons (Fsp3) is 0.350. The molecule has 0 radical (unpaired) electrons. The number of halogens is 3. The van der Waals surface area contributed by atoms with E-state index in [-0.39, 0.29) is 17.3 Å². The first-order valence-corrected chi connectivity index (χ1v) is 11.0. The van der Waals surface area contributed by atoms with Gasteiger partial charge in [0.15, 0.2) is 33.0 Å². The van der Waals surface area contributed by atoms with Gasteiger partial charge in [-0.1, -0.05) is 0 Å². The summed E-state index contributed by atoms with van der Waals surface area (Å²) >= 11 is 0. The average Bonchev–Trinajstić information content (AvgIpc) is 2.68. The average molecular weight is 470 g/mol. The number of nitrogens with one attached hydrogen (secondary N) is 1. The number of nitrogens with two attached hydrogens (primary N) is 1. The smallest absolute Gasteiger partial charge is 0.277 e. The van der Waals surface area contributed by atoms with E-state index >= 15 is 0 Å². The molecule has 2 aromatic rings. The molecule has 3 rings (SSSR count). The molecule has 0 saturated heterocycles. The highest BCUT2D eigenvalue weighted by atomic mass is 32.2. The fourth-order valence-electron chi connectivity index (χ4n) is 3.22. The topological polar surface area (TPSA) is 124 Å². The molecule has 1 aromatic heterocycles. The van der Waals surface area contributed by atoms with Gasteiger partial charge >= 0.3 is 0 Å². The van der Waals surface area contributed by atoms with Crippen molar-refractivity contribution in [2.24, 2.45) is 10.7 Å². The maximum absolute atomic E-state index is 14.7. The van der Waals surface area contributed by atoms with Crippen LogP contribution in [0.3, 0.4) is 0 Å². The zero-order valence-electron chi connectivity index (χ0n) is 17.7. The van der Waals surface area contributed by atoms with Crippen molar-refractivity contribution in [3.8, 4) is 5.75 Å². The van der Waals surface area contributed by atoms with Crippen LogP contribution in [0.1, 0.15) is 36.8 Å². The van der Waals surface area contributed by atoms with Crippen LogP contribution in [0.4, 0.5) is 18.9 Å². The Morgan fingerprint density at radius 3 is 2.38 bits per heavy atom. The summed E-state index contributed by atoms with van der Waals surface area (Å²) in [6.07, 6.45) is 1.11. The Hall–Kier alpha value is -3.15. The van der Waals surface area contributed by atoms with Crippen molar-refractivity contribution >= 4 is 27.3 Å². The number of rotatable bonds is 4. The molecule has 1 aromatic carbocycles. The number of benzene rings is 1. The minimum Gasteiger partial charge on any atom is -0.495 e. The molecule has 3 N–H and O–H groups in total. The third-order valence-corrected chi connectivity index (χ3v) is 8.07. The number of carbonyl (C=O) groups excluding carboxylic acids is 1. The molecule has 172 valence electrons. The van der Waals surface area contributed by atoms with Gasteiger partial charge in [-0.3, -0.25) is 9.79 Å². The molecule has 1 atom stereocenters. The second-order valence-corrected chi connectivity index (χ2v) is 10.6. The molecular weight excluding hydrogens is 449 g/mol. The standard InChI is InChI=1S/C20H21F3N4O4S/c1-19(2)18(24)27-20(3,9-32(19,29)30)12-5-10(6-13(21)15(12)23)26-17(28)16-14(22)7-11(31-4)8-25-16/h5-8H,9H2,1-4H3,(H2,24,27)(H,26,28). The molecule has 0 bridgehead atoms. The highest BCUT2D eigenvalue weighted by Crippen LogP contribution is 2.39. The monoisotopic (exact) mass is 470 g/mol. The van der Waals surface area contributed by atoms with Crippen LogP contribution >= 0.6 is 0 Å². The molecule has 1 amide bonds. The number of nitrogens with zero attached hydrogens (tertiary/aromatic N) is 2. The Labute approximate surface area is 182 Å². The lowest BCUT2D eigenvalue weighted by Crippen LogP contribution is -2.55. The van der Waals surface area contributed by atoms with Crippen LogP contribution in [0.2, 0.25) is 0 Å². The van der Waals surface area contributed by atoms with E-state index in [9.17, 15) is 26.4 Å². The van der Waals surface area contributed by atoms with Gasteiger partial charge in [0.25, 0.3) is 5.91 Å². The molecule has 32 heavy (non-hydrogen) atoms. The van der Waals surface area contributed by atoms with Crippen LogP contribution < -0.4 is 15.8 Å². The van der Waals surface area contributed by atoms with Crippen LogP contribution in [0.25, 0.3) is 0 Å². The molecule has 8 nitrogen and oxygen atoms in total. The van der Waals surface area contributed by atoms with Crippen LogP contribution in [-0.2, 0) is 15.4 Å². The van der Waals surface area contributed by atoms with Crippen LogP contribution in [0.15, 0.2) is 29.4 Å². The number of ether oxygens (including phenoxy) is 1. The molecule has 0 aliphatic carbocycles. The van der Waals surface area contributed by atoms with E-state index in [0.717, 1.165) is 18.3 Å². The number of pyridine rings is 1. The minimum absolute atomic E-state index is 0.0824. The number of aromatic nitrogens is 1. The Bertz CT molecular complexity index is 1250. The summed E-state index contributed by atoms with van der Waals surface area (Å²) in [6.45, 7) is 4.02. The Kier molecular flexibility index (Phi) is 5.71. The van der Waals surface area contributed by atoms with E-state index in [1.165, 1.54) is 27.9 Å². The summed E-state index contributed by atoms with van der Waals surface area (Å²) in [4.78, 5) is 20.2. The van der Waals surface area contributed by atoms with Crippen molar-refractivity contribution in [2.45, 2.75) is 31.1 Å². The van der Waals surface area contributed by atoms with Gasteiger partial charge in [0.1, 0.15) is 21.9 Å². The van der Waals surface area contributed by atoms with Crippen molar-refractivity contribution in [1.29, 1.82) is 0 Å². The van der Waals surface area contributed by atoms with Gasteiger partial charge in [0.05, 0.1) is 19.1 Å². The summed E-state index contributed by atoms with van der Waals surface area (Å²) in [6, 6.07) is 2.64. The predicted molar refractivity (Wildman–Crippen MR) is 112 cm³/mol. The second-order valence-electron chi connectivity index (χ2n) is 8.02. The number of sulfone groups is 1. The van der Waals surface area contributed by atoms with Gasteiger partial charge < -0.3 is 15.8 Å². The lowest BCUT2D eigenvalue weighted by atomic mass is 9.92. The Balaban J connectivity index is 2.04. The molecule has 2 heterocycles. The van der Waals surface area contributed by atoms with E-state index in [0.29, 0.717) is 6.07 Å². The fourth-order valence-corrected chi connectivity index (χ4v) is 4.91. The molecule has 0 fully saturated rings. The molecule has 0 spiro atoms. The summed E-state index contributed by atoms with van der Waals surface area (Å²) in [5.41, 5.74) is 2.80. The van der Waals surface area contributed by atoms with E-state index in [2.05, 4.69) is 15.3 Å². The SMILES string of the molecule is COc1cnc(C(=O)Nc2cc(F)c(F)c(C3(C)CS(=O)(=O)C(C)(C)C(N)=N3)c2)c(F)c1. The minimum atomic E-state index is -3.89. The summed E-state index contributed by atoms with van der Waals surface area (Å²) in [5.74, 6) is -5.55. The molecular formula is C20H21F3N4O4S. The van der Waals surface area contributed by atoms with Crippen molar-refractivity contribution in [3.05, 3.63) is 53.1 Å². The Morgan fingerprint density at radius 2 is 1.81 bits per heavy atom. The van der Waals surface area contributed by atoms with Gasteiger partial charge in [0, 0.05) is 23.4 Å². The van der Waals surface area contributed by atoms with Gasteiger partial charge in [-0.2, -0.15) is 0 Å². The Morgan fingerprint density at radius 1 is 1.16 bits per heavy atom. The number of anilines is 1. The molecule has 12 heteroatoms. The number of aliphatic imine (C=N–C) groups is 1. The lowest BCUT2D eigenvalue weighted by molar-refractivity contribution is 0.101. The maximum Gasteiger partial charge on any atom is 0.277 e. The number of carbonyl (C=O) groups is 1. The number of amides is 1. The third-order valence-electron chi connectivity index (χ3n) is 5.37. The summed E-state index contributed by atoms with van der Waals surface area (Å²) < 4.78 is 72.0. The van der Waals surface area contributed by atoms with Crippen molar-refractivity contribution in [1.82, 2.24) is 4.98 Å². The van der Waals surface area contributed by atoms with Gasteiger partial charge in [-0.25, -0.2) is 26.6 Å². The van der Waals surface area contributed by atoms with Crippen molar-refractivity contribution < 1.29 is 31.1 Å². The first-order chi connectivity index (χ1) is 14.7. The van der Waals surface area contributed by atoms with Gasteiger partial charge in [0.2, 0.25) is 0 Å². The molecule has 1 aliphatic heterocycles. The normalized spacial score (nSPS) is 21.5. The van der Waals surface area contributed by atoms with Gasteiger partial charge in [-0.05, 0) is 26.8 Å². The number of hydrogen-bond acceptors (Lipinski definition) is 7. The van der Waals surface area contributed by atoms with Crippen molar-refractivity contribution in [2.75, 3.05) is 18.2 Å². The van der Waals surface area contributed by atoms with Crippen molar-refractivity contribution in [3.63, 3.8) is 0 Å². The first-order valence-electron chi connectivity index (χ1n) is 9.30. The zero-order valence-corrected chi connectivity index (χ0v) is 18.5. The van der Waals surface area contributed by atoms with E-state index < -0.39 is 60.5 Å². The lowest BCUT2D eigenvalue weighted by Gasteiger charge is -2.38. The zero-order chi connectivity index (χ0) is 24.1. The number of methoxy groups -OCH3 is 1. The molecule has 1 aliphatic rings. The number of amidine groups is 1. The predicted octanol–water partition coefficient (Wildman–Crippen LogP) is 2.54. The summed E-state index contributed by atoms with van der Waals surface area (Å²) in [7, 11) is -2.60. The van der Waals surface area contributed by atoms with Crippen LogP contribution in [0, 0.1) is 17.5 Å². The quantitative estimate of drug-likeness (QED) is 0.708. The number of hydrogen-bond donors (Lipinski definition) is 2. The molecule has 0 saturated carbocycles. The third kappa shape index (κ3) is 3.90. The van der Waals surface area contributed by atoms with E-state index in [1.807, 2.05) is 0 Å². The van der Waals surface area contributed by atoms with E-state index in [1.54, 1.807) is 0 Å². The second kappa shape index (κ2) is 7.76. The summed E-state index contributed by atoms with van der Waals surface area (Å²) in [5, 5.41) is 2.23. The highest BCUT2D eigenvalue weighted by molar-refractivity contribution is 7.93. The highest BCUT2D eigenvalue weighted by Gasteiger charge is 2.49. The van der Waals surface area contributed by atoms with E-state index in [4.69, 9.17) is 10.5 Å².